The number of halogens is 1. The summed E-state index contributed by atoms with van der Waals surface area (Å²) >= 11 is 5.30. The van der Waals surface area contributed by atoms with E-state index >= 15 is 0 Å². The molecule has 1 rings (SSSR count). The molecule has 0 aliphatic heterocycles. The van der Waals surface area contributed by atoms with Gasteiger partial charge in [0.05, 0.1) is 12.1 Å². The Labute approximate surface area is 122 Å². The second-order valence-electron chi connectivity index (χ2n) is 5.41. The monoisotopic (exact) mass is 334 g/mol. The zero-order chi connectivity index (χ0) is 13.8. The molecule has 5 heteroatoms. The first-order valence-corrected chi connectivity index (χ1v) is 7.87. The van der Waals surface area contributed by atoms with E-state index in [4.69, 9.17) is 10.6 Å². The fraction of sp³-hybridized carbons (Fsp3) is 0.692. The molecule has 3 N–H and O–H groups in total. The zero-order valence-corrected chi connectivity index (χ0v) is 13.9. The molecule has 0 bridgehead atoms. The van der Waals surface area contributed by atoms with Gasteiger partial charge in [0.25, 0.3) is 0 Å². The van der Waals surface area contributed by atoms with Gasteiger partial charge in [-0.15, -0.1) is 11.3 Å². The van der Waals surface area contributed by atoms with Gasteiger partial charge in [-0.25, -0.2) is 0 Å². The van der Waals surface area contributed by atoms with Crippen LogP contribution in [0.25, 0.3) is 0 Å². The van der Waals surface area contributed by atoms with Crippen molar-refractivity contribution >= 4 is 27.3 Å². The van der Waals surface area contributed by atoms with E-state index in [1.807, 2.05) is 6.92 Å². The third kappa shape index (κ3) is 4.31. The number of hydrogen-bond acceptors (Lipinski definition) is 4. The topological polar surface area (TPSA) is 47.3 Å². The molecule has 0 aromatic carbocycles. The smallest absolute Gasteiger partial charge is 0.0792 e. The summed E-state index contributed by atoms with van der Waals surface area (Å²) < 4.78 is 7.04. The van der Waals surface area contributed by atoms with Gasteiger partial charge in [0.1, 0.15) is 0 Å². The molecule has 0 fully saturated rings. The molecule has 18 heavy (non-hydrogen) atoms. The number of thiophene rings is 1. The molecule has 1 aromatic rings. The first kappa shape index (κ1) is 16.1. The van der Waals surface area contributed by atoms with Crippen molar-refractivity contribution in [3.63, 3.8) is 0 Å². The van der Waals surface area contributed by atoms with Gasteiger partial charge in [0.2, 0.25) is 0 Å². The normalized spacial score (nSPS) is 15.7. The van der Waals surface area contributed by atoms with Crippen LogP contribution in [0.1, 0.15) is 32.6 Å². The van der Waals surface area contributed by atoms with Crippen LogP contribution in [0.5, 0.6) is 0 Å². The van der Waals surface area contributed by atoms with Crippen LogP contribution in [0.2, 0.25) is 0 Å². The summed E-state index contributed by atoms with van der Waals surface area (Å²) in [6.45, 7) is 9.27. The van der Waals surface area contributed by atoms with Gasteiger partial charge < -0.3 is 4.74 Å². The number of nitrogens with two attached hydrogens (primary N) is 1. The molecule has 0 amide bonds. The molecular formula is C13H23BrN2OS. The number of nitrogens with one attached hydrogen (secondary N) is 1. The van der Waals surface area contributed by atoms with Gasteiger partial charge in [-0.1, -0.05) is 20.8 Å². The van der Waals surface area contributed by atoms with E-state index in [1.165, 1.54) is 4.88 Å². The third-order valence-electron chi connectivity index (χ3n) is 2.88. The molecule has 0 saturated heterocycles. The second kappa shape index (κ2) is 7.01. The highest BCUT2D eigenvalue weighted by molar-refractivity contribution is 9.10. The van der Waals surface area contributed by atoms with Crippen LogP contribution in [0, 0.1) is 5.41 Å². The molecule has 0 saturated carbocycles. The van der Waals surface area contributed by atoms with Gasteiger partial charge in [0, 0.05) is 22.4 Å². The number of hydrogen-bond donors (Lipinski definition) is 2. The summed E-state index contributed by atoms with van der Waals surface area (Å²) in [7, 11) is 0. The minimum Gasteiger partial charge on any atom is -0.376 e. The molecule has 3 nitrogen and oxygen atoms in total. The SMILES string of the molecule is CCOC(C(Cc1sccc1Br)NN)C(C)(C)C. The maximum atomic E-state index is 5.89. The molecule has 0 aliphatic carbocycles. The van der Waals surface area contributed by atoms with E-state index in [-0.39, 0.29) is 17.6 Å². The molecule has 104 valence electrons. The number of ether oxygens (including phenoxy) is 1. The molecule has 1 aromatic heterocycles. The van der Waals surface area contributed by atoms with Crippen molar-refractivity contribution in [3.05, 3.63) is 20.8 Å². The Morgan fingerprint density at radius 1 is 1.50 bits per heavy atom. The van der Waals surface area contributed by atoms with Crippen LogP contribution in [0.15, 0.2) is 15.9 Å². The van der Waals surface area contributed by atoms with Crippen molar-refractivity contribution in [2.45, 2.75) is 46.3 Å². The predicted octanol–water partition coefficient (Wildman–Crippen LogP) is 3.34. The summed E-state index contributed by atoms with van der Waals surface area (Å²) in [5.74, 6) is 5.73. The Hall–Kier alpha value is 0.0600. The highest BCUT2D eigenvalue weighted by Crippen LogP contribution is 2.30. The Kier molecular flexibility index (Phi) is 6.27. The van der Waals surface area contributed by atoms with Crippen LogP contribution < -0.4 is 11.3 Å². The summed E-state index contributed by atoms with van der Waals surface area (Å²) in [6, 6.07) is 2.18. The average Bonchev–Trinajstić information content (AvgIpc) is 2.67. The van der Waals surface area contributed by atoms with Crippen molar-refractivity contribution in [1.29, 1.82) is 0 Å². The van der Waals surface area contributed by atoms with E-state index in [0.29, 0.717) is 6.61 Å². The molecular weight excluding hydrogens is 312 g/mol. The molecule has 2 unspecified atom stereocenters. The lowest BCUT2D eigenvalue weighted by Gasteiger charge is -2.36. The lowest BCUT2D eigenvalue weighted by molar-refractivity contribution is -0.0354. The van der Waals surface area contributed by atoms with Gasteiger partial charge in [-0.2, -0.15) is 0 Å². The Morgan fingerprint density at radius 3 is 2.56 bits per heavy atom. The van der Waals surface area contributed by atoms with E-state index in [0.717, 1.165) is 10.9 Å². The van der Waals surface area contributed by atoms with Gasteiger partial charge >= 0.3 is 0 Å². The zero-order valence-electron chi connectivity index (χ0n) is 11.5. The van der Waals surface area contributed by atoms with Crippen molar-refractivity contribution in [1.82, 2.24) is 5.43 Å². The minimum atomic E-state index is 0.0524. The fourth-order valence-electron chi connectivity index (χ4n) is 2.07. The lowest BCUT2D eigenvalue weighted by Crippen LogP contribution is -2.52. The highest BCUT2D eigenvalue weighted by Gasteiger charge is 2.33. The largest absolute Gasteiger partial charge is 0.376 e. The molecule has 0 aliphatic rings. The van der Waals surface area contributed by atoms with Crippen molar-refractivity contribution < 1.29 is 4.74 Å². The molecule has 1 heterocycles. The maximum absolute atomic E-state index is 5.89. The highest BCUT2D eigenvalue weighted by atomic mass is 79.9. The van der Waals surface area contributed by atoms with Crippen molar-refractivity contribution in [2.75, 3.05) is 6.61 Å². The van der Waals surface area contributed by atoms with Crippen LogP contribution in [0.3, 0.4) is 0 Å². The molecule has 0 radical (unpaired) electrons. The first-order chi connectivity index (χ1) is 8.40. The van der Waals surface area contributed by atoms with E-state index in [2.05, 4.69) is 53.6 Å². The average molecular weight is 335 g/mol. The summed E-state index contributed by atoms with van der Waals surface area (Å²) in [5.41, 5.74) is 2.97. The molecule has 2 atom stereocenters. The lowest BCUT2D eigenvalue weighted by atomic mass is 9.83. The van der Waals surface area contributed by atoms with E-state index < -0.39 is 0 Å². The van der Waals surface area contributed by atoms with Crippen molar-refractivity contribution in [2.24, 2.45) is 11.3 Å². The standard InChI is InChI=1S/C13H23BrN2OS/c1-5-17-12(13(2,3)4)10(16-15)8-11-9(14)6-7-18-11/h6-7,10,12,16H,5,8,15H2,1-4H3. The summed E-state index contributed by atoms with van der Waals surface area (Å²) in [6.07, 6.45) is 0.956. The predicted molar refractivity (Wildman–Crippen MR) is 81.7 cm³/mol. The van der Waals surface area contributed by atoms with Gasteiger partial charge in [-0.3, -0.25) is 11.3 Å². The van der Waals surface area contributed by atoms with Crippen molar-refractivity contribution in [3.8, 4) is 0 Å². The second-order valence-corrected chi connectivity index (χ2v) is 7.27. The number of rotatable bonds is 6. The van der Waals surface area contributed by atoms with Gasteiger partial charge in [0.15, 0.2) is 0 Å². The van der Waals surface area contributed by atoms with Crippen LogP contribution in [-0.4, -0.2) is 18.8 Å². The maximum Gasteiger partial charge on any atom is 0.0792 e. The summed E-state index contributed by atoms with van der Waals surface area (Å²) in [5, 5.41) is 2.08. The number of hydrazine groups is 1. The Balaban J connectivity index is 2.83. The fourth-order valence-corrected chi connectivity index (χ4v) is 3.65. The van der Waals surface area contributed by atoms with E-state index in [1.54, 1.807) is 11.3 Å². The minimum absolute atomic E-state index is 0.0524. The van der Waals surface area contributed by atoms with Crippen LogP contribution >= 0.6 is 27.3 Å². The third-order valence-corrected chi connectivity index (χ3v) is 4.82. The quantitative estimate of drug-likeness (QED) is 0.619. The Morgan fingerprint density at radius 2 is 2.17 bits per heavy atom. The summed E-state index contributed by atoms with van der Waals surface area (Å²) in [4.78, 5) is 1.30. The Bertz CT molecular complexity index is 362. The van der Waals surface area contributed by atoms with E-state index in [9.17, 15) is 0 Å². The van der Waals surface area contributed by atoms with Crippen LogP contribution in [-0.2, 0) is 11.2 Å². The molecule has 0 spiro atoms. The van der Waals surface area contributed by atoms with Crippen LogP contribution in [0.4, 0.5) is 0 Å². The van der Waals surface area contributed by atoms with Gasteiger partial charge in [-0.05, 0) is 39.7 Å². The first-order valence-electron chi connectivity index (χ1n) is 6.19.